The van der Waals surface area contributed by atoms with Gasteiger partial charge in [0.25, 0.3) is 5.91 Å². The highest BCUT2D eigenvalue weighted by Gasteiger charge is 2.34. The summed E-state index contributed by atoms with van der Waals surface area (Å²) in [6, 6.07) is 8.42. The zero-order valence-electron chi connectivity index (χ0n) is 18.8. The summed E-state index contributed by atoms with van der Waals surface area (Å²) in [7, 11) is -7.93. The third-order valence-corrected chi connectivity index (χ3v) is 8.82. The van der Waals surface area contributed by atoms with Gasteiger partial charge in [-0.15, -0.1) is 0 Å². The van der Waals surface area contributed by atoms with E-state index < -0.39 is 49.0 Å². The lowest BCUT2D eigenvalue weighted by atomic mass is 10.2. The van der Waals surface area contributed by atoms with Crippen LogP contribution in [0.15, 0.2) is 54.6 Å². The minimum absolute atomic E-state index is 0.00773. The van der Waals surface area contributed by atoms with Crippen molar-refractivity contribution in [3.8, 4) is 5.75 Å². The first-order chi connectivity index (χ1) is 17.0. The summed E-state index contributed by atoms with van der Waals surface area (Å²) in [6.07, 6.45) is 1.36. The second kappa shape index (κ2) is 9.79. The number of amides is 1. The molecule has 190 valence electrons. The predicted octanol–water partition coefficient (Wildman–Crippen LogP) is 1.33. The fourth-order valence-electron chi connectivity index (χ4n) is 3.70. The van der Waals surface area contributed by atoms with Gasteiger partial charge in [0.1, 0.15) is 11.3 Å². The van der Waals surface area contributed by atoms with E-state index in [9.17, 15) is 31.1 Å². The molecule has 0 atom stereocenters. The number of nitrogens with zero attached hydrogens (tertiary/aromatic N) is 4. The molecule has 0 radical (unpaired) electrons. The molecule has 1 fully saturated rings. The summed E-state index contributed by atoms with van der Waals surface area (Å²) in [5.74, 6) is -2.49. The molecule has 36 heavy (non-hydrogen) atoms. The molecule has 3 aromatic rings. The van der Waals surface area contributed by atoms with Gasteiger partial charge in [-0.25, -0.2) is 26.2 Å². The van der Waals surface area contributed by atoms with Crippen LogP contribution in [0.25, 0.3) is 10.9 Å². The van der Waals surface area contributed by atoms with Gasteiger partial charge in [0.05, 0.1) is 5.75 Å². The molecule has 2 aromatic heterocycles. The molecule has 1 saturated heterocycles. The van der Waals surface area contributed by atoms with Crippen LogP contribution in [0.2, 0.25) is 0 Å². The molecule has 1 aromatic carbocycles. The minimum Gasteiger partial charge on any atom is -0.504 e. The lowest BCUT2D eigenvalue weighted by molar-refractivity contribution is 0.0943. The largest absolute Gasteiger partial charge is 0.504 e. The SMILES string of the molecule is C=CS(=O)(=O)N1CCN(c2nc(C(=O)NCc3ccc(F)cc3)c(O)c3ncccc23)S(=O)(=O)CC1. The monoisotopic (exact) mass is 535 g/mol. The number of aromatic nitrogens is 2. The molecule has 0 saturated carbocycles. The summed E-state index contributed by atoms with van der Waals surface area (Å²) >= 11 is 0. The highest BCUT2D eigenvalue weighted by atomic mass is 32.2. The molecule has 0 spiro atoms. The number of benzene rings is 1. The number of fused-ring (bicyclic) bond motifs is 1. The number of hydrogen-bond acceptors (Lipinski definition) is 8. The number of rotatable bonds is 6. The number of pyridine rings is 2. The quantitative estimate of drug-likeness (QED) is 0.480. The first-order valence-electron chi connectivity index (χ1n) is 10.7. The predicted molar refractivity (Wildman–Crippen MR) is 131 cm³/mol. The summed E-state index contributed by atoms with van der Waals surface area (Å²) < 4.78 is 65.8. The lowest BCUT2D eigenvalue weighted by Crippen LogP contribution is -2.36. The Morgan fingerprint density at radius 1 is 1.19 bits per heavy atom. The molecule has 11 nitrogen and oxygen atoms in total. The van der Waals surface area contributed by atoms with Gasteiger partial charge < -0.3 is 10.4 Å². The molecule has 1 amide bonds. The Kier molecular flexibility index (Phi) is 6.93. The maximum atomic E-state index is 13.1. The summed E-state index contributed by atoms with van der Waals surface area (Å²) in [5.41, 5.74) is 0.0692. The van der Waals surface area contributed by atoms with E-state index in [-0.39, 0.29) is 42.9 Å². The van der Waals surface area contributed by atoms with E-state index in [0.29, 0.717) is 5.56 Å². The Hall–Kier alpha value is -3.62. The van der Waals surface area contributed by atoms with Crippen LogP contribution < -0.4 is 9.62 Å². The van der Waals surface area contributed by atoms with Crippen molar-refractivity contribution in [1.29, 1.82) is 0 Å². The van der Waals surface area contributed by atoms with Crippen molar-refractivity contribution >= 4 is 42.7 Å². The fraction of sp³-hybridized carbons (Fsp3) is 0.227. The van der Waals surface area contributed by atoms with Crippen LogP contribution in [0, 0.1) is 5.82 Å². The van der Waals surface area contributed by atoms with Crippen molar-refractivity contribution in [2.45, 2.75) is 6.54 Å². The Balaban J connectivity index is 1.74. The van der Waals surface area contributed by atoms with E-state index in [1.165, 1.54) is 42.6 Å². The average Bonchev–Trinajstić information content (AvgIpc) is 3.02. The van der Waals surface area contributed by atoms with Crippen LogP contribution in [0.3, 0.4) is 0 Å². The van der Waals surface area contributed by atoms with Crippen LogP contribution in [0.5, 0.6) is 5.75 Å². The van der Waals surface area contributed by atoms with Gasteiger partial charge in [-0.05, 0) is 29.8 Å². The zero-order chi connectivity index (χ0) is 26.1. The average molecular weight is 536 g/mol. The van der Waals surface area contributed by atoms with Crippen molar-refractivity contribution in [2.24, 2.45) is 0 Å². The van der Waals surface area contributed by atoms with E-state index in [1.54, 1.807) is 0 Å². The number of nitrogens with one attached hydrogen (secondary N) is 1. The molecule has 14 heteroatoms. The normalized spacial score (nSPS) is 16.4. The molecule has 1 aliphatic rings. The first kappa shape index (κ1) is 25.5. The maximum absolute atomic E-state index is 13.1. The third-order valence-electron chi connectivity index (χ3n) is 5.59. The second-order valence-corrected chi connectivity index (χ2v) is 11.7. The van der Waals surface area contributed by atoms with Crippen LogP contribution in [-0.2, 0) is 26.6 Å². The van der Waals surface area contributed by atoms with Gasteiger partial charge in [-0.3, -0.25) is 14.1 Å². The topological polar surface area (TPSA) is 150 Å². The van der Waals surface area contributed by atoms with E-state index in [2.05, 4.69) is 21.9 Å². The van der Waals surface area contributed by atoms with Crippen LogP contribution in [0.4, 0.5) is 10.2 Å². The van der Waals surface area contributed by atoms with Gasteiger partial charge in [-0.2, -0.15) is 4.31 Å². The van der Waals surface area contributed by atoms with Crippen molar-refractivity contribution < 1.29 is 31.1 Å². The first-order valence-corrected chi connectivity index (χ1v) is 13.8. The molecular weight excluding hydrogens is 513 g/mol. The van der Waals surface area contributed by atoms with Gasteiger partial charge in [0, 0.05) is 43.2 Å². The van der Waals surface area contributed by atoms with E-state index >= 15 is 0 Å². The number of aromatic hydroxyl groups is 1. The smallest absolute Gasteiger partial charge is 0.274 e. The van der Waals surface area contributed by atoms with Crippen molar-refractivity contribution in [3.63, 3.8) is 0 Å². The molecule has 3 heterocycles. The van der Waals surface area contributed by atoms with Gasteiger partial charge in [-0.1, -0.05) is 18.7 Å². The molecule has 0 bridgehead atoms. The zero-order valence-corrected chi connectivity index (χ0v) is 20.5. The van der Waals surface area contributed by atoms with Crippen LogP contribution in [-0.4, -0.2) is 67.5 Å². The number of carbonyl (C=O) groups excluding carboxylic acids is 1. The Morgan fingerprint density at radius 2 is 1.92 bits per heavy atom. The fourth-order valence-corrected chi connectivity index (χ4v) is 6.14. The molecular formula is C22H22FN5O6S2. The molecule has 0 unspecified atom stereocenters. The van der Waals surface area contributed by atoms with Crippen molar-refractivity contribution in [3.05, 3.63) is 71.7 Å². The summed E-state index contributed by atoms with van der Waals surface area (Å²) in [4.78, 5) is 21.2. The van der Waals surface area contributed by atoms with Crippen molar-refractivity contribution in [1.82, 2.24) is 19.6 Å². The lowest BCUT2D eigenvalue weighted by Gasteiger charge is -2.23. The minimum atomic E-state index is -4.07. The Bertz CT molecular complexity index is 1550. The standard InChI is InChI=1S/C22H22FN5O6S2/c1-2-35(31,32)27-10-11-28(36(33,34)13-12-27)21-17-4-3-9-24-18(17)20(29)19(26-21)22(30)25-14-15-5-7-16(23)8-6-15/h2-9,29H,1,10-14H2,(H,25,30). The van der Waals surface area contributed by atoms with Gasteiger partial charge in [0.2, 0.25) is 20.0 Å². The number of anilines is 1. The molecule has 2 N–H and O–H groups in total. The maximum Gasteiger partial charge on any atom is 0.274 e. The highest BCUT2D eigenvalue weighted by Crippen LogP contribution is 2.34. The van der Waals surface area contributed by atoms with E-state index in [4.69, 9.17) is 0 Å². The van der Waals surface area contributed by atoms with Gasteiger partial charge in [0.15, 0.2) is 17.3 Å². The number of halogens is 1. The number of sulfonamides is 2. The highest BCUT2D eigenvalue weighted by molar-refractivity contribution is 7.93. The van der Waals surface area contributed by atoms with Gasteiger partial charge >= 0.3 is 0 Å². The van der Waals surface area contributed by atoms with Crippen molar-refractivity contribution in [2.75, 3.05) is 29.7 Å². The summed E-state index contributed by atoms with van der Waals surface area (Å²) in [6.45, 7) is 2.52. The molecule has 0 aliphatic carbocycles. The van der Waals surface area contributed by atoms with Crippen LogP contribution in [0.1, 0.15) is 16.1 Å². The van der Waals surface area contributed by atoms with Crippen LogP contribution >= 0.6 is 0 Å². The third kappa shape index (κ3) is 5.01. The second-order valence-electron chi connectivity index (χ2n) is 7.84. The van der Waals surface area contributed by atoms with E-state index in [0.717, 1.165) is 14.0 Å². The number of hydrogen-bond donors (Lipinski definition) is 2. The summed E-state index contributed by atoms with van der Waals surface area (Å²) in [5, 5.41) is 14.2. The molecule has 1 aliphatic heterocycles. The number of carbonyl (C=O) groups is 1. The Morgan fingerprint density at radius 3 is 2.61 bits per heavy atom. The van der Waals surface area contributed by atoms with E-state index in [1.807, 2.05) is 0 Å². The Labute approximate surface area is 207 Å². The molecule has 4 rings (SSSR count).